The molecule has 0 aromatic heterocycles. The Bertz CT molecular complexity index is 625. The molecule has 0 aromatic carbocycles. The molecular formula is C17H27FNO10+. The number of ether oxygens (including phenoxy) is 5. The molecule has 1 rings (SSSR count). The van der Waals surface area contributed by atoms with Crippen LogP contribution < -0.4 is 0 Å². The number of esters is 3. The van der Waals surface area contributed by atoms with Crippen LogP contribution in [0.1, 0.15) is 20.8 Å². The van der Waals surface area contributed by atoms with Crippen molar-refractivity contribution < 1.29 is 56.8 Å². The Hall–Kier alpha value is -2.31. The van der Waals surface area contributed by atoms with Crippen LogP contribution in [-0.2, 0) is 42.9 Å². The van der Waals surface area contributed by atoms with Gasteiger partial charge in [-0.05, 0) is 0 Å². The lowest BCUT2D eigenvalue weighted by molar-refractivity contribution is -0.903. The Morgan fingerprint density at radius 2 is 1.41 bits per heavy atom. The van der Waals surface area contributed by atoms with Gasteiger partial charge in [0.1, 0.15) is 6.54 Å². The summed E-state index contributed by atoms with van der Waals surface area (Å²) >= 11 is 0. The Morgan fingerprint density at radius 3 is 1.86 bits per heavy atom. The maximum Gasteiger partial charge on any atom is 0.337 e. The van der Waals surface area contributed by atoms with Crippen LogP contribution in [-0.4, -0.2) is 98.2 Å². The van der Waals surface area contributed by atoms with Crippen molar-refractivity contribution >= 4 is 23.9 Å². The highest BCUT2D eigenvalue weighted by Gasteiger charge is 2.55. The number of halogens is 1. The lowest BCUT2D eigenvalue weighted by Gasteiger charge is -2.43. The summed E-state index contributed by atoms with van der Waals surface area (Å²) in [6, 6.07) is 0. The molecule has 1 fully saturated rings. The highest BCUT2D eigenvalue weighted by molar-refractivity contribution is 5.75. The number of aliphatic carboxylic acids is 1. The molecule has 1 saturated heterocycles. The average Bonchev–Trinajstić information content (AvgIpc) is 2.57. The number of hydrogen-bond donors (Lipinski definition) is 1. The van der Waals surface area contributed by atoms with Gasteiger partial charge in [-0.2, -0.15) is 4.39 Å². The second-order valence-electron chi connectivity index (χ2n) is 7.14. The number of quaternary nitrogens is 1. The SMILES string of the molecule is CC(=O)O[C@@H]1[C@@H](OC(C)=O)[C@H](OCC[N+](C)(C)CF)O[C@H](C(=O)O)[C@H]1OC(C)=O. The molecule has 0 radical (unpaired) electrons. The molecule has 1 aliphatic rings. The van der Waals surface area contributed by atoms with Crippen molar-refractivity contribution in [3.63, 3.8) is 0 Å². The monoisotopic (exact) mass is 424 g/mol. The van der Waals surface area contributed by atoms with Gasteiger partial charge < -0.3 is 33.3 Å². The Morgan fingerprint density at radius 1 is 0.931 bits per heavy atom. The molecule has 0 saturated carbocycles. The Kier molecular flexibility index (Phi) is 8.92. The van der Waals surface area contributed by atoms with E-state index in [1.165, 1.54) is 0 Å². The largest absolute Gasteiger partial charge is 0.479 e. The third-order valence-electron chi connectivity index (χ3n) is 3.95. The molecule has 0 aromatic rings. The molecule has 1 aliphatic heterocycles. The van der Waals surface area contributed by atoms with E-state index < -0.39 is 61.4 Å². The number of carbonyl (C=O) groups is 4. The minimum Gasteiger partial charge on any atom is -0.479 e. The van der Waals surface area contributed by atoms with E-state index in [-0.39, 0.29) is 17.6 Å². The number of carbonyl (C=O) groups excluding carboxylic acids is 3. The summed E-state index contributed by atoms with van der Waals surface area (Å²) in [6.07, 6.45) is -7.73. The van der Waals surface area contributed by atoms with Crippen LogP contribution in [0.3, 0.4) is 0 Å². The number of carboxylic acid groups (broad SMARTS) is 1. The fraction of sp³-hybridized carbons (Fsp3) is 0.765. The first-order valence-electron chi connectivity index (χ1n) is 8.77. The maximum absolute atomic E-state index is 13.0. The van der Waals surface area contributed by atoms with Gasteiger partial charge in [0.05, 0.1) is 20.7 Å². The van der Waals surface area contributed by atoms with Gasteiger partial charge in [0.25, 0.3) is 0 Å². The fourth-order valence-electron chi connectivity index (χ4n) is 2.58. The molecule has 11 nitrogen and oxygen atoms in total. The van der Waals surface area contributed by atoms with Gasteiger partial charge in [-0.3, -0.25) is 14.4 Å². The van der Waals surface area contributed by atoms with Crippen LogP contribution >= 0.6 is 0 Å². The van der Waals surface area contributed by atoms with Crippen molar-refractivity contribution in [2.75, 3.05) is 34.0 Å². The van der Waals surface area contributed by atoms with Crippen LogP contribution in [0.25, 0.3) is 0 Å². The van der Waals surface area contributed by atoms with Gasteiger partial charge in [-0.1, -0.05) is 0 Å². The van der Waals surface area contributed by atoms with Crippen molar-refractivity contribution in [3.05, 3.63) is 0 Å². The number of carboxylic acids is 1. The topological polar surface area (TPSA) is 135 Å². The lowest BCUT2D eigenvalue weighted by atomic mass is 9.98. The molecule has 0 bridgehead atoms. The van der Waals surface area contributed by atoms with Gasteiger partial charge in [-0.15, -0.1) is 0 Å². The first kappa shape index (κ1) is 24.7. The summed E-state index contributed by atoms with van der Waals surface area (Å²) in [5.74, 6) is -3.99. The zero-order chi connectivity index (χ0) is 22.4. The van der Waals surface area contributed by atoms with Gasteiger partial charge >= 0.3 is 23.9 Å². The molecule has 5 atom stereocenters. The molecule has 166 valence electrons. The first-order chi connectivity index (χ1) is 13.4. The Labute approximate surface area is 167 Å². The zero-order valence-corrected chi connectivity index (χ0v) is 17.0. The quantitative estimate of drug-likeness (QED) is 0.226. The van der Waals surface area contributed by atoms with Crippen molar-refractivity contribution in [3.8, 4) is 0 Å². The van der Waals surface area contributed by atoms with E-state index in [2.05, 4.69) is 0 Å². The highest BCUT2D eigenvalue weighted by atomic mass is 19.1. The summed E-state index contributed by atoms with van der Waals surface area (Å²) in [5.41, 5.74) is 0. The number of hydrogen-bond acceptors (Lipinski definition) is 9. The molecular weight excluding hydrogens is 397 g/mol. The summed E-state index contributed by atoms with van der Waals surface area (Å²) in [4.78, 5) is 46.2. The van der Waals surface area contributed by atoms with Crippen molar-refractivity contribution in [2.45, 2.75) is 51.5 Å². The summed E-state index contributed by atoms with van der Waals surface area (Å²) in [5, 5.41) is 9.48. The standard InChI is InChI=1S/C17H26FNO10/c1-9(20)26-12-13(27-10(2)21)15(28-11(3)22)17(29-14(12)16(23)24)25-7-6-19(4,5)8-18/h12-15,17H,6-8H2,1-5H3/p+1/t12-,13-,14-,15+,17+/m0/s1. The van der Waals surface area contributed by atoms with E-state index in [9.17, 15) is 28.7 Å². The number of nitrogens with zero attached hydrogens (tertiary/aromatic N) is 1. The molecule has 29 heavy (non-hydrogen) atoms. The molecule has 1 heterocycles. The molecule has 0 amide bonds. The molecule has 0 unspecified atom stereocenters. The smallest absolute Gasteiger partial charge is 0.337 e. The van der Waals surface area contributed by atoms with Crippen LogP contribution in [0, 0.1) is 0 Å². The normalized spacial score (nSPS) is 27.0. The van der Waals surface area contributed by atoms with Crippen LogP contribution in [0.2, 0.25) is 0 Å². The van der Waals surface area contributed by atoms with Gasteiger partial charge in [0.15, 0.2) is 30.7 Å². The molecule has 0 aliphatic carbocycles. The van der Waals surface area contributed by atoms with Crippen molar-refractivity contribution in [2.24, 2.45) is 0 Å². The van der Waals surface area contributed by atoms with Crippen molar-refractivity contribution in [1.82, 2.24) is 0 Å². The maximum atomic E-state index is 13.0. The second kappa shape index (κ2) is 10.5. The van der Waals surface area contributed by atoms with E-state index in [0.29, 0.717) is 0 Å². The molecule has 0 spiro atoms. The van der Waals surface area contributed by atoms with E-state index in [1.54, 1.807) is 14.1 Å². The lowest BCUT2D eigenvalue weighted by Crippen LogP contribution is -2.63. The van der Waals surface area contributed by atoms with Crippen LogP contribution in [0.4, 0.5) is 4.39 Å². The highest BCUT2D eigenvalue weighted by Crippen LogP contribution is 2.29. The Balaban J connectivity index is 3.20. The van der Waals surface area contributed by atoms with E-state index in [4.69, 9.17) is 23.7 Å². The summed E-state index contributed by atoms with van der Waals surface area (Å²) in [6.45, 7) is 2.59. The minimum absolute atomic E-state index is 0.0449. The molecule has 12 heteroatoms. The number of alkyl halides is 1. The van der Waals surface area contributed by atoms with E-state index >= 15 is 0 Å². The summed E-state index contributed by atoms with van der Waals surface area (Å²) in [7, 11) is 3.21. The number of likely N-dealkylation sites (N-methyl/N-ethyl adjacent to an activating group) is 1. The van der Waals surface area contributed by atoms with Gasteiger partial charge in [0, 0.05) is 20.8 Å². The van der Waals surface area contributed by atoms with Crippen LogP contribution in [0.15, 0.2) is 0 Å². The summed E-state index contributed by atoms with van der Waals surface area (Å²) < 4.78 is 39.0. The van der Waals surface area contributed by atoms with E-state index in [0.717, 1.165) is 20.8 Å². The third kappa shape index (κ3) is 7.55. The minimum atomic E-state index is -1.76. The second-order valence-corrected chi connectivity index (χ2v) is 7.14. The number of rotatable bonds is 9. The third-order valence-corrected chi connectivity index (χ3v) is 3.95. The van der Waals surface area contributed by atoms with E-state index in [1.807, 2.05) is 0 Å². The van der Waals surface area contributed by atoms with Gasteiger partial charge in [-0.25, -0.2) is 4.79 Å². The van der Waals surface area contributed by atoms with Crippen molar-refractivity contribution in [1.29, 1.82) is 0 Å². The fourth-order valence-corrected chi connectivity index (χ4v) is 2.58. The van der Waals surface area contributed by atoms with Crippen LogP contribution in [0.5, 0.6) is 0 Å². The zero-order valence-electron chi connectivity index (χ0n) is 17.0. The first-order valence-corrected chi connectivity index (χ1v) is 8.77. The predicted octanol–water partition coefficient (Wildman–Crippen LogP) is -0.389. The molecule has 1 N–H and O–H groups in total. The van der Waals surface area contributed by atoms with Gasteiger partial charge in [0.2, 0.25) is 6.80 Å². The predicted molar refractivity (Wildman–Crippen MR) is 91.9 cm³/mol. The average molecular weight is 424 g/mol.